The third kappa shape index (κ3) is 3.46. The van der Waals surface area contributed by atoms with Gasteiger partial charge in [-0.2, -0.15) is 0 Å². The summed E-state index contributed by atoms with van der Waals surface area (Å²) in [6, 6.07) is 16.2. The molecule has 0 aromatic heterocycles. The molecule has 4 heteroatoms. The number of halogens is 1. The molecule has 0 spiro atoms. The highest BCUT2D eigenvalue weighted by atomic mass is 127. The van der Waals surface area contributed by atoms with Crippen molar-refractivity contribution < 1.29 is 4.74 Å². The van der Waals surface area contributed by atoms with Crippen molar-refractivity contribution >= 4 is 22.6 Å². The van der Waals surface area contributed by atoms with E-state index in [4.69, 9.17) is 10.6 Å². The van der Waals surface area contributed by atoms with E-state index in [1.165, 1.54) is 3.57 Å². The van der Waals surface area contributed by atoms with Gasteiger partial charge < -0.3 is 4.74 Å². The second-order valence-electron chi connectivity index (χ2n) is 4.12. The van der Waals surface area contributed by atoms with Crippen LogP contribution in [0, 0.1) is 3.57 Å². The Morgan fingerprint density at radius 3 is 2.47 bits per heavy atom. The molecule has 3 nitrogen and oxygen atoms in total. The fraction of sp³-hybridized carbons (Fsp3) is 0.200. The van der Waals surface area contributed by atoms with Gasteiger partial charge in [0, 0.05) is 9.13 Å². The summed E-state index contributed by atoms with van der Waals surface area (Å²) in [6.07, 6.45) is 0. The number of benzene rings is 2. The summed E-state index contributed by atoms with van der Waals surface area (Å²) in [7, 11) is 0. The zero-order chi connectivity index (χ0) is 13.7. The summed E-state index contributed by atoms with van der Waals surface area (Å²) in [5.41, 5.74) is 5.04. The minimum Gasteiger partial charge on any atom is -0.494 e. The summed E-state index contributed by atoms with van der Waals surface area (Å²) >= 11 is 2.29. The van der Waals surface area contributed by atoms with Crippen molar-refractivity contribution in [2.45, 2.75) is 13.0 Å². The lowest BCUT2D eigenvalue weighted by Crippen LogP contribution is -2.29. The minimum atomic E-state index is -0.0697. The topological polar surface area (TPSA) is 47.3 Å². The number of nitrogens with one attached hydrogen (secondary N) is 1. The van der Waals surface area contributed by atoms with Crippen LogP contribution in [0.3, 0.4) is 0 Å². The lowest BCUT2D eigenvalue weighted by Gasteiger charge is -2.20. The first kappa shape index (κ1) is 14.3. The van der Waals surface area contributed by atoms with Gasteiger partial charge in [0.05, 0.1) is 12.6 Å². The molecule has 0 heterocycles. The molecular weight excluding hydrogens is 351 g/mol. The van der Waals surface area contributed by atoms with Crippen molar-refractivity contribution in [3.05, 3.63) is 63.2 Å². The molecule has 0 saturated carbocycles. The Balaban J connectivity index is 2.39. The SMILES string of the molecule is CCOc1ccccc1C(NN)c1ccc(I)cc1. The minimum absolute atomic E-state index is 0.0697. The maximum Gasteiger partial charge on any atom is 0.124 e. The molecule has 0 bridgehead atoms. The Bertz CT molecular complexity index is 528. The van der Waals surface area contributed by atoms with Crippen molar-refractivity contribution in [1.29, 1.82) is 0 Å². The molecular formula is C15H17IN2O. The molecule has 2 rings (SSSR count). The molecule has 0 saturated heterocycles. The van der Waals surface area contributed by atoms with Crippen molar-refractivity contribution in [2.75, 3.05) is 6.61 Å². The van der Waals surface area contributed by atoms with Crippen LogP contribution in [0.1, 0.15) is 24.1 Å². The van der Waals surface area contributed by atoms with E-state index in [0.717, 1.165) is 16.9 Å². The summed E-state index contributed by atoms with van der Waals surface area (Å²) < 4.78 is 6.87. The van der Waals surface area contributed by atoms with Crippen molar-refractivity contribution in [2.24, 2.45) is 5.84 Å². The van der Waals surface area contributed by atoms with Crippen LogP contribution in [0.25, 0.3) is 0 Å². The zero-order valence-corrected chi connectivity index (χ0v) is 12.9. The highest BCUT2D eigenvalue weighted by molar-refractivity contribution is 14.1. The Morgan fingerprint density at radius 2 is 1.84 bits per heavy atom. The Hall–Kier alpha value is -1.11. The van der Waals surface area contributed by atoms with Crippen LogP contribution in [-0.2, 0) is 0 Å². The fourth-order valence-electron chi connectivity index (χ4n) is 2.03. The number of hydrazine groups is 1. The third-order valence-electron chi connectivity index (χ3n) is 2.90. The largest absolute Gasteiger partial charge is 0.494 e. The molecule has 0 amide bonds. The monoisotopic (exact) mass is 368 g/mol. The average Bonchev–Trinajstić information content (AvgIpc) is 2.44. The molecule has 0 fully saturated rings. The molecule has 2 aromatic rings. The van der Waals surface area contributed by atoms with Gasteiger partial charge in [-0.3, -0.25) is 5.84 Å². The first-order chi connectivity index (χ1) is 9.26. The second kappa shape index (κ2) is 6.88. The number of hydrogen-bond donors (Lipinski definition) is 2. The van der Waals surface area contributed by atoms with Crippen molar-refractivity contribution in [1.82, 2.24) is 5.43 Å². The number of hydrogen-bond acceptors (Lipinski definition) is 3. The smallest absolute Gasteiger partial charge is 0.124 e. The van der Waals surface area contributed by atoms with E-state index in [2.05, 4.69) is 52.3 Å². The highest BCUT2D eigenvalue weighted by Crippen LogP contribution is 2.29. The Labute approximate surface area is 127 Å². The molecule has 3 N–H and O–H groups in total. The zero-order valence-electron chi connectivity index (χ0n) is 10.8. The van der Waals surface area contributed by atoms with Crippen LogP contribution in [-0.4, -0.2) is 6.61 Å². The summed E-state index contributed by atoms with van der Waals surface area (Å²) in [6.45, 7) is 2.62. The molecule has 2 aromatic carbocycles. The van der Waals surface area contributed by atoms with Crippen LogP contribution in [0.5, 0.6) is 5.75 Å². The standard InChI is InChI=1S/C15H17IN2O/c1-2-19-14-6-4-3-5-13(14)15(18-17)11-7-9-12(16)10-8-11/h3-10,15,18H,2,17H2,1H3. The first-order valence-corrected chi connectivity index (χ1v) is 7.27. The number of para-hydroxylation sites is 1. The van der Waals surface area contributed by atoms with E-state index in [-0.39, 0.29) is 6.04 Å². The number of ether oxygens (including phenoxy) is 1. The normalized spacial score (nSPS) is 12.2. The van der Waals surface area contributed by atoms with Gasteiger partial charge in [0.1, 0.15) is 5.75 Å². The van der Waals surface area contributed by atoms with Gasteiger partial charge in [-0.25, -0.2) is 5.43 Å². The fourth-order valence-corrected chi connectivity index (χ4v) is 2.39. The van der Waals surface area contributed by atoms with E-state index in [1.807, 2.05) is 31.2 Å². The van der Waals surface area contributed by atoms with Gasteiger partial charge in [-0.15, -0.1) is 0 Å². The quantitative estimate of drug-likeness (QED) is 0.484. The lowest BCUT2D eigenvalue weighted by atomic mass is 9.98. The van der Waals surface area contributed by atoms with Gasteiger partial charge in [0.25, 0.3) is 0 Å². The van der Waals surface area contributed by atoms with Gasteiger partial charge in [0.15, 0.2) is 0 Å². The summed E-state index contributed by atoms with van der Waals surface area (Å²) in [5, 5.41) is 0. The van der Waals surface area contributed by atoms with Crippen LogP contribution in [0.4, 0.5) is 0 Å². The molecule has 0 aliphatic heterocycles. The van der Waals surface area contributed by atoms with E-state index >= 15 is 0 Å². The van der Waals surface area contributed by atoms with Crippen LogP contribution in [0.2, 0.25) is 0 Å². The van der Waals surface area contributed by atoms with Crippen molar-refractivity contribution in [3.63, 3.8) is 0 Å². The van der Waals surface area contributed by atoms with Gasteiger partial charge >= 0.3 is 0 Å². The molecule has 1 atom stereocenters. The number of rotatable bonds is 5. The van der Waals surface area contributed by atoms with E-state index in [0.29, 0.717) is 6.61 Å². The predicted molar refractivity (Wildman–Crippen MR) is 85.9 cm³/mol. The summed E-state index contributed by atoms with van der Waals surface area (Å²) in [4.78, 5) is 0. The van der Waals surface area contributed by atoms with Crippen molar-refractivity contribution in [3.8, 4) is 5.75 Å². The highest BCUT2D eigenvalue weighted by Gasteiger charge is 2.16. The van der Waals surface area contributed by atoms with Crippen LogP contribution in [0.15, 0.2) is 48.5 Å². The molecule has 19 heavy (non-hydrogen) atoms. The maximum absolute atomic E-state index is 5.73. The molecule has 1 unspecified atom stereocenters. The van der Waals surface area contributed by atoms with Crippen LogP contribution >= 0.6 is 22.6 Å². The Kier molecular flexibility index (Phi) is 5.18. The molecule has 0 aliphatic rings. The molecule has 100 valence electrons. The second-order valence-corrected chi connectivity index (χ2v) is 5.37. The summed E-state index contributed by atoms with van der Waals surface area (Å²) in [5.74, 6) is 6.60. The third-order valence-corrected chi connectivity index (χ3v) is 3.62. The Morgan fingerprint density at radius 1 is 1.16 bits per heavy atom. The van der Waals surface area contributed by atoms with Crippen LogP contribution < -0.4 is 16.0 Å². The predicted octanol–water partition coefficient (Wildman–Crippen LogP) is 3.24. The van der Waals surface area contributed by atoms with E-state index in [9.17, 15) is 0 Å². The van der Waals surface area contributed by atoms with E-state index < -0.39 is 0 Å². The average molecular weight is 368 g/mol. The maximum atomic E-state index is 5.73. The molecule has 0 radical (unpaired) electrons. The van der Waals surface area contributed by atoms with E-state index in [1.54, 1.807) is 0 Å². The lowest BCUT2D eigenvalue weighted by molar-refractivity contribution is 0.333. The van der Waals surface area contributed by atoms with Gasteiger partial charge in [0.2, 0.25) is 0 Å². The number of nitrogens with two attached hydrogens (primary N) is 1. The first-order valence-electron chi connectivity index (χ1n) is 6.19. The van der Waals surface area contributed by atoms with Gasteiger partial charge in [-0.05, 0) is 53.3 Å². The molecule has 0 aliphatic carbocycles. The van der Waals surface area contributed by atoms with Gasteiger partial charge in [-0.1, -0.05) is 30.3 Å².